The van der Waals surface area contributed by atoms with E-state index in [2.05, 4.69) is 27.2 Å². The molecule has 0 saturated carbocycles. The lowest BCUT2D eigenvalue weighted by atomic mass is 10.1. The zero-order chi connectivity index (χ0) is 22.3. The van der Waals surface area contributed by atoms with Crippen LogP contribution in [0.5, 0.6) is 0 Å². The van der Waals surface area contributed by atoms with Gasteiger partial charge >= 0.3 is 0 Å². The minimum absolute atomic E-state index is 0.0169. The maximum absolute atomic E-state index is 12.5. The van der Waals surface area contributed by atoms with Crippen LogP contribution in [0.25, 0.3) is 11.1 Å². The van der Waals surface area contributed by atoms with Crippen molar-refractivity contribution in [1.82, 2.24) is 19.9 Å². The number of amides is 1. The van der Waals surface area contributed by atoms with Gasteiger partial charge in [-0.3, -0.25) is 19.6 Å². The first-order valence-corrected chi connectivity index (χ1v) is 10.9. The van der Waals surface area contributed by atoms with Crippen molar-refractivity contribution in [2.24, 2.45) is 0 Å². The number of nitrogens with one attached hydrogen (secondary N) is 2. The number of likely N-dealkylation sites (tertiary alicyclic amines) is 1. The van der Waals surface area contributed by atoms with E-state index in [1.54, 1.807) is 29.6 Å². The number of carbonyl (C=O) groups is 1. The number of H-pyrrole nitrogens is 1. The van der Waals surface area contributed by atoms with E-state index < -0.39 is 0 Å². The molecule has 4 rings (SSSR count). The molecule has 3 aromatic heterocycles. The second kappa shape index (κ2) is 10.0. The molecule has 2 N–H and O–H groups in total. The molecule has 1 aliphatic rings. The number of rotatable bonds is 7. The van der Waals surface area contributed by atoms with E-state index >= 15 is 0 Å². The summed E-state index contributed by atoms with van der Waals surface area (Å²) in [5.41, 5.74) is 4.21. The summed E-state index contributed by atoms with van der Waals surface area (Å²) in [7, 11) is 0. The van der Waals surface area contributed by atoms with Crippen LogP contribution in [0.3, 0.4) is 0 Å². The summed E-state index contributed by atoms with van der Waals surface area (Å²) >= 11 is 0. The Morgan fingerprint density at radius 3 is 2.88 bits per heavy atom. The van der Waals surface area contributed by atoms with Gasteiger partial charge in [0.25, 0.3) is 5.56 Å². The summed E-state index contributed by atoms with van der Waals surface area (Å²) in [5, 5.41) is 3.33. The van der Waals surface area contributed by atoms with E-state index in [1.165, 1.54) is 0 Å². The van der Waals surface area contributed by atoms with Gasteiger partial charge in [0.1, 0.15) is 5.69 Å². The average Bonchev–Trinajstić information content (AvgIpc) is 3.30. The van der Waals surface area contributed by atoms with E-state index in [9.17, 15) is 9.59 Å². The van der Waals surface area contributed by atoms with E-state index in [1.807, 2.05) is 42.5 Å². The quantitative estimate of drug-likeness (QED) is 0.563. The third kappa shape index (κ3) is 5.29. The first-order chi connectivity index (χ1) is 15.6. The molecule has 164 valence electrons. The van der Waals surface area contributed by atoms with Crippen LogP contribution in [0.15, 0.2) is 71.9 Å². The maximum Gasteiger partial charge on any atom is 0.271 e. The molecule has 1 fully saturated rings. The molecule has 1 aliphatic heterocycles. The number of hydrogen-bond donors (Lipinski definition) is 2. The molecule has 0 radical (unpaired) electrons. The molecule has 7 heteroatoms. The van der Waals surface area contributed by atoms with Gasteiger partial charge in [0.2, 0.25) is 5.91 Å². The second-order valence-electron chi connectivity index (χ2n) is 7.86. The first-order valence-electron chi connectivity index (χ1n) is 10.9. The number of carbonyl (C=O) groups excluding carboxylic acids is 1. The molecular formula is C25H27N5O2. The molecule has 0 unspecified atom stereocenters. The van der Waals surface area contributed by atoms with Gasteiger partial charge in [-0.05, 0) is 54.8 Å². The van der Waals surface area contributed by atoms with Gasteiger partial charge < -0.3 is 15.2 Å². The number of hydrogen-bond acceptors (Lipinski definition) is 5. The van der Waals surface area contributed by atoms with Crippen molar-refractivity contribution < 1.29 is 4.79 Å². The first kappa shape index (κ1) is 21.5. The summed E-state index contributed by atoms with van der Waals surface area (Å²) in [6.45, 7) is 3.28. The molecule has 32 heavy (non-hydrogen) atoms. The predicted molar refractivity (Wildman–Crippen MR) is 125 cm³/mol. The van der Waals surface area contributed by atoms with Crippen LogP contribution >= 0.6 is 0 Å². The summed E-state index contributed by atoms with van der Waals surface area (Å²) in [5.74, 6) is -0.0169. The number of aromatic nitrogens is 3. The van der Waals surface area contributed by atoms with Gasteiger partial charge in [-0.25, -0.2) is 0 Å². The molecule has 0 aromatic carbocycles. The highest BCUT2D eigenvalue weighted by molar-refractivity contribution is 5.87. The Kier molecular flexibility index (Phi) is 6.75. The van der Waals surface area contributed by atoms with Crippen LogP contribution in [-0.4, -0.2) is 44.9 Å². The maximum atomic E-state index is 12.5. The van der Waals surface area contributed by atoms with Crippen molar-refractivity contribution in [2.75, 3.05) is 18.4 Å². The monoisotopic (exact) mass is 429 g/mol. The van der Waals surface area contributed by atoms with Crippen molar-refractivity contribution >= 4 is 11.6 Å². The number of anilines is 1. The Balaban J connectivity index is 1.38. The standard InChI is InChI=1S/C25H27N5O2/c1-2-20-14-18(9-12-27-20)19-15-23(25(32)28-16-19)29-22-10-13-30(17-22)24(31)8-5-7-21-6-3-4-11-26-21/h3-6,8-9,11-12,14-16,22,29H,2,7,10,13,17H2,1H3,(H,28,32)/b8-5+/t22-/m1/s1. The smallest absolute Gasteiger partial charge is 0.271 e. The molecule has 1 amide bonds. The Hall–Kier alpha value is -3.74. The van der Waals surface area contributed by atoms with Crippen molar-refractivity contribution in [3.63, 3.8) is 0 Å². The minimum Gasteiger partial charge on any atom is -0.376 e. The number of nitrogens with zero attached hydrogens (tertiary/aromatic N) is 3. The summed E-state index contributed by atoms with van der Waals surface area (Å²) in [4.78, 5) is 38.1. The van der Waals surface area contributed by atoms with Gasteiger partial charge in [0.15, 0.2) is 0 Å². The highest BCUT2D eigenvalue weighted by atomic mass is 16.2. The van der Waals surface area contributed by atoms with E-state index in [-0.39, 0.29) is 17.5 Å². The summed E-state index contributed by atoms with van der Waals surface area (Å²) in [6, 6.07) is 11.6. The molecule has 0 spiro atoms. The lowest BCUT2D eigenvalue weighted by Crippen LogP contribution is -2.31. The van der Waals surface area contributed by atoms with Crippen LogP contribution in [0.2, 0.25) is 0 Å². The molecule has 1 atom stereocenters. The number of pyridine rings is 3. The number of aromatic amines is 1. The van der Waals surface area contributed by atoms with Gasteiger partial charge in [-0.1, -0.05) is 19.1 Å². The Labute approximate surface area is 187 Å². The van der Waals surface area contributed by atoms with Crippen molar-refractivity contribution in [1.29, 1.82) is 0 Å². The Bertz CT molecular complexity index is 1160. The molecule has 4 heterocycles. The molecular weight excluding hydrogens is 402 g/mol. The molecule has 1 saturated heterocycles. The SMILES string of the molecule is CCc1cc(-c2c[nH]c(=O)c(N[C@@H]3CCN(C(=O)/C=C/Cc4ccccn4)C3)c2)ccn1. The van der Waals surface area contributed by atoms with E-state index in [4.69, 9.17) is 0 Å². The average molecular weight is 430 g/mol. The van der Waals surface area contributed by atoms with Gasteiger partial charge in [0.05, 0.1) is 0 Å². The summed E-state index contributed by atoms with van der Waals surface area (Å²) in [6.07, 6.45) is 11.0. The third-order valence-electron chi connectivity index (χ3n) is 5.59. The molecule has 7 nitrogen and oxygen atoms in total. The third-order valence-corrected chi connectivity index (χ3v) is 5.59. The number of allylic oxidation sites excluding steroid dienone is 1. The normalized spacial score (nSPS) is 15.9. The van der Waals surface area contributed by atoms with Gasteiger partial charge in [-0.2, -0.15) is 0 Å². The zero-order valence-electron chi connectivity index (χ0n) is 18.1. The van der Waals surface area contributed by atoms with Crippen molar-refractivity contribution in [2.45, 2.75) is 32.2 Å². The highest BCUT2D eigenvalue weighted by Gasteiger charge is 2.25. The van der Waals surface area contributed by atoms with E-state index in [0.29, 0.717) is 25.2 Å². The van der Waals surface area contributed by atoms with Gasteiger partial charge in [-0.15, -0.1) is 0 Å². The van der Waals surface area contributed by atoms with Gasteiger partial charge in [0, 0.05) is 61.1 Å². The highest BCUT2D eigenvalue weighted by Crippen LogP contribution is 2.22. The predicted octanol–water partition coefficient (Wildman–Crippen LogP) is 3.21. The van der Waals surface area contributed by atoms with Crippen LogP contribution in [0.1, 0.15) is 24.7 Å². The molecule has 3 aromatic rings. The zero-order valence-corrected chi connectivity index (χ0v) is 18.1. The summed E-state index contributed by atoms with van der Waals surface area (Å²) < 4.78 is 0. The topological polar surface area (TPSA) is 91.0 Å². The van der Waals surface area contributed by atoms with Crippen molar-refractivity contribution in [3.05, 3.63) is 88.9 Å². The lowest BCUT2D eigenvalue weighted by Gasteiger charge is -2.16. The van der Waals surface area contributed by atoms with Crippen LogP contribution in [0.4, 0.5) is 5.69 Å². The molecule has 0 bridgehead atoms. The van der Waals surface area contributed by atoms with Crippen LogP contribution < -0.4 is 10.9 Å². The number of aryl methyl sites for hydroxylation is 1. The Morgan fingerprint density at radius 1 is 1.19 bits per heavy atom. The second-order valence-corrected chi connectivity index (χ2v) is 7.86. The fourth-order valence-corrected chi connectivity index (χ4v) is 3.81. The van der Waals surface area contributed by atoms with Crippen LogP contribution in [-0.2, 0) is 17.6 Å². The Morgan fingerprint density at radius 2 is 2.06 bits per heavy atom. The lowest BCUT2D eigenvalue weighted by molar-refractivity contribution is -0.125. The fraction of sp³-hybridized carbons (Fsp3) is 0.280. The molecule has 0 aliphatic carbocycles. The largest absolute Gasteiger partial charge is 0.376 e. The minimum atomic E-state index is -0.168. The van der Waals surface area contributed by atoms with E-state index in [0.717, 1.165) is 35.4 Å². The van der Waals surface area contributed by atoms with Crippen LogP contribution in [0, 0.1) is 0 Å². The van der Waals surface area contributed by atoms with Crippen molar-refractivity contribution in [3.8, 4) is 11.1 Å². The fourth-order valence-electron chi connectivity index (χ4n) is 3.81.